The highest BCUT2D eigenvalue weighted by Gasteiger charge is 2.25. The van der Waals surface area contributed by atoms with E-state index in [2.05, 4.69) is 10.6 Å². The van der Waals surface area contributed by atoms with E-state index in [4.69, 9.17) is 4.74 Å². The Morgan fingerprint density at radius 3 is 2.84 bits per heavy atom. The smallest absolute Gasteiger partial charge is 0.407 e. The van der Waals surface area contributed by atoms with Crippen molar-refractivity contribution in [2.45, 2.75) is 31.7 Å². The maximum atomic E-state index is 13.7. The van der Waals surface area contributed by atoms with Gasteiger partial charge in [0.05, 0.1) is 6.04 Å². The second-order valence-corrected chi connectivity index (χ2v) is 4.66. The summed E-state index contributed by atoms with van der Waals surface area (Å²) >= 11 is 0. The molecule has 1 heterocycles. The zero-order chi connectivity index (χ0) is 13.5. The van der Waals surface area contributed by atoms with Crippen LogP contribution in [0.25, 0.3) is 0 Å². The molecule has 1 saturated heterocycles. The Balaban J connectivity index is 1.77. The van der Waals surface area contributed by atoms with Crippen molar-refractivity contribution >= 4 is 6.09 Å². The Labute approximate surface area is 112 Å². The molecule has 0 unspecified atom stereocenters. The summed E-state index contributed by atoms with van der Waals surface area (Å²) in [5.41, 5.74) is 0.914. The number of nitrogens with one attached hydrogen (secondary N) is 2. The number of alkyl carbamates (subject to hydrolysis) is 1. The molecule has 5 heteroatoms. The van der Waals surface area contributed by atoms with E-state index >= 15 is 0 Å². The lowest BCUT2D eigenvalue weighted by atomic mass is 10.1. The normalized spacial score (nSPS) is 23.4. The van der Waals surface area contributed by atoms with Gasteiger partial charge in [0.15, 0.2) is 0 Å². The number of hydrogen-bond acceptors (Lipinski definition) is 3. The number of benzene rings is 1. The SMILES string of the molecule is O=C(N[C@@H]1CCNCC[C@@H]1F)OCc1ccccc1. The zero-order valence-electron chi connectivity index (χ0n) is 10.8. The van der Waals surface area contributed by atoms with Crippen molar-refractivity contribution in [2.24, 2.45) is 0 Å². The number of halogens is 1. The number of rotatable bonds is 3. The molecule has 0 bridgehead atoms. The molecule has 2 rings (SSSR count). The van der Waals surface area contributed by atoms with E-state index in [0.29, 0.717) is 25.9 Å². The molecule has 0 aromatic heterocycles. The van der Waals surface area contributed by atoms with E-state index in [1.807, 2.05) is 30.3 Å². The van der Waals surface area contributed by atoms with Crippen LogP contribution < -0.4 is 10.6 Å². The van der Waals surface area contributed by atoms with Crippen LogP contribution in [0, 0.1) is 0 Å². The molecule has 19 heavy (non-hydrogen) atoms. The van der Waals surface area contributed by atoms with Crippen molar-refractivity contribution in [1.29, 1.82) is 0 Å². The molecular weight excluding hydrogens is 247 g/mol. The number of carbonyl (C=O) groups excluding carboxylic acids is 1. The summed E-state index contributed by atoms with van der Waals surface area (Å²) in [4.78, 5) is 11.6. The minimum Gasteiger partial charge on any atom is -0.445 e. The molecule has 0 radical (unpaired) electrons. The van der Waals surface area contributed by atoms with Gasteiger partial charge in [-0.05, 0) is 31.5 Å². The van der Waals surface area contributed by atoms with Gasteiger partial charge in [-0.25, -0.2) is 9.18 Å². The molecule has 1 fully saturated rings. The molecule has 2 atom stereocenters. The lowest BCUT2D eigenvalue weighted by molar-refractivity contribution is 0.126. The van der Waals surface area contributed by atoms with Gasteiger partial charge >= 0.3 is 6.09 Å². The van der Waals surface area contributed by atoms with Crippen LogP contribution in [0.4, 0.5) is 9.18 Å². The monoisotopic (exact) mass is 266 g/mol. The summed E-state index contributed by atoms with van der Waals surface area (Å²) < 4.78 is 18.8. The number of alkyl halides is 1. The van der Waals surface area contributed by atoms with Gasteiger partial charge in [0.2, 0.25) is 0 Å². The number of hydrogen-bond donors (Lipinski definition) is 2. The summed E-state index contributed by atoms with van der Waals surface area (Å²) in [5.74, 6) is 0. The molecule has 1 aromatic carbocycles. The Morgan fingerprint density at radius 1 is 1.32 bits per heavy atom. The molecule has 1 aliphatic rings. The van der Waals surface area contributed by atoms with E-state index in [1.165, 1.54) is 0 Å². The van der Waals surface area contributed by atoms with E-state index in [9.17, 15) is 9.18 Å². The van der Waals surface area contributed by atoms with Gasteiger partial charge in [0.1, 0.15) is 12.8 Å². The minimum absolute atomic E-state index is 0.203. The standard InChI is InChI=1S/C14H19FN2O2/c15-12-6-8-16-9-7-13(12)17-14(18)19-10-11-4-2-1-3-5-11/h1-5,12-13,16H,6-10H2,(H,17,18)/t12-,13+/m0/s1. The molecule has 2 N–H and O–H groups in total. The quantitative estimate of drug-likeness (QED) is 0.880. The maximum Gasteiger partial charge on any atom is 0.407 e. The van der Waals surface area contributed by atoms with Crippen molar-refractivity contribution in [3.8, 4) is 0 Å². The number of amides is 1. The predicted molar refractivity (Wildman–Crippen MR) is 70.6 cm³/mol. The first-order chi connectivity index (χ1) is 9.25. The fraction of sp³-hybridized carbons (Fsp3) is 0.500. The fourth-order valence-corrected chi connectivity index (χ4v) is 2.08. The third-order valence-electron chi connectivity index (χ3n) is 3.18. The van der Waals surface area contributed by atoms with E-state index in [-0.39, 0.29) is 6.61 Å². The third-order valence-corrected chi connectivity index (χ3v) is 3.18. The lowest BCUT2D eigenvalue weighted by Gasteiger charge is -2.19. The Hall–Kier alpha value is -1.62. The summed E-state index contributed by atoms with van der Waals surface area (Å²) in [6.45, 7) is 1.57. The zero-order valence-corrected chi connectivity index (χ0v) is 10.8. The highest BCUT2D eigenvalue weighted by molar-refractivity contribution is 5.67. The first-order valence-corrected chi connectivity index (χ1v) is 6.57. The van der Waals surface area contributed by atoms with Crippen LogP contribution in [-0.2, 0) is 11.3 Å². The van der Waals surface area contributed by atoms with Crippen LogP contribution in [-0.4, -0.2) is 31.4 Å². The maximum absolute atomic E-state index is 13.7. The summed E-state index contributed by atoms with van der Waals surface area (Å²) in [6, 6.07) is 8.95. The second kappa shape index (κ2) is 7.09. The average Bonchev–Trinajstić information content (AvgIpc) is 2.63. The van der Waals surface area contributed by atoms with Crippen molar-refractivity contribution in [3.05, 3.63) is 35.9 Å². The van der Waals surface area contributed by atoms with E-state index in [0.717, 1.165) is 5.56 Å². The lowest BCUT2D eigenvalue weighted by Crippen LogP contribution is -2.41. The van der Waals surface area contributed by atoms with Crippen molar-refractivity contribution in [3.63, 3.8) is 0 Å². The van der Waals surface area contributed by atoms with Gasteiger partial charge in [-0.1, -0.05) is 30.3 Å². The topological polar surface area (TPSA) is 50.4 Å². The molecule has 1 aromatic rings. The Bertz CT molecular complexity index is 400. The molecule has 0 aliphatic carbocycles. The van der Waals surface area contributed by atoms with Gasteiger partial charge < -0.3 is 15.4 Å². The third kappa shape index (κ3) is 4.52. The van der Waals surface area contributed by atoms with Crippen LogP contribution >= 0.6 is 0 Å². The minimum atomic E-state index is -1.01. The van der Waals surface area contributed by atoms with Crippen molar-refractivity contribution in [1.82, 2.24) is 10.6 Å². The van der Waals surface area contributed by atoms with Gasteiger partial charge in [-0.2, -0.15) is 0 Å². The molecule has 0 saturated carbocycles. The van der Waals surface area contributed by atoms with Crippen molar-refractivity contribution in [2.75, 3.05) is 13.1 Å². The van der Waals surface area contributed by atoms with Gasteiger partial charge in [-0.15, -0.1) is 0 Å². The predicted octanol–water partition coefficient (Wildman–Crippen LogP) is 2.00. The van der Waals surface area contributed by atoms with Crippen LogP contribution in [0.1, 0.15) is 18.4 Å². The summed E-state index contributed by atoms with van der Waals surface area (Å²) in [5, 5.41) is 5.71. The van der Waals surface area contributed by atoms with E-state index in [1.54, 1.807) is 0 Å². The largest absolute Gasteiger partial charge is 0.445 e. The molecular formula is C14H19FN2O2. The Morgan fingerprint density at radius 2 is 2.05 bits per heavy atom. The number of ether oxygens (including phenoxy) is 1. The number of carbonyl (C=O) groups is 1. The highest BCUT2D eigenvalue weighted by atomic mass is 19.1. The fourth-order valence-electron chi connectivity index (χ4n) is 2.08. The van der Waals surface area contributed by atoms with E-state index < -0.39 is 18.3 Å². The first kappa shape index (κ1) is 13.8. The molecule has 1 aliphatic heterocycles. The van der Waals surface area contributed by atoms with Crippen LogP contribution in [0.15, 0.2) is 30.3 Å². The van der Waals surface area contributed by atoms with Crippen LogP contribution in [0.5, 0.6) is 0 Å². The first-order valence-electron chi connectivity index (χ1n) is 6.57. The van der Waals surface area contributed by atoms with Gasteiger partial charge in [0, 0.05) is 0 Å². The molecule has 4 nitrogen and oxygen atoms in total. The van der Waals surface area contributed by atoms with Crippen molar-refractivity contribution < 1.29 is 13.9 Å². The van der Waals surface area contributed by atoms with Gasteiger partial charge in [0.25, 0.3) is 0 Å². The van der Waals surface area contributed by atoms with Gasteiger partial charge in [-0.3, -0.25) is 0 Å². The average molecular weight is 266 g/mol. The molecule has 104 valence electrons. The van der Waals surface area contributed by atoms with Crippen LogP contribution in [0.2, 0.25) is 0 Å². The second-order valence-electron chi connectivity index (χ2n) is 4.66. The molecule has 0 spiro atoms. The molecule has 1 amide bonds. The highest BCUT2D eigenvalue weighted by Crippen LogP contribution is 2.11. The van der Waals surface area contributed by atoms with Crippen LogP contribution in [0.3, 0.4) is 0 Å². The summed E-state index contributed by atoms with van der Waals surface area (Å²) in [7, 11) is 0. The Kier molecular flexibility index (Phi) is 5.15. The summed E-state index contributed by atoms with van der Waals surface area (Å²) in [6.07, 6.45) is -0.566.